The van der Waals surface area contributed by atoms with Crippen molar-refractivity contribution >= 4 is 17.4 Å². The number of rotatable bonds is 1. The Kier molecular flexibility index (Phi) is 3.07. The van der Waals surface area contributed by atoms with E-state index < -0.39 is 0 Å². The van der Waals surface area contributed by atoms with E-state index in [0.717, 1.165) is 25.5 Å². The van der Waals surface area contributed by atoms with Gasteiger partial charge >= 0.3 is 0 Å². The lowest BCUT2D eigenvalue weighted by atomic mass is 10.2. The van der Waals surface area contributed by atoms with Gasteiger partial charge in [-0.1, -0.05) is 11.6 Å². The first-order valence-corrected chi connectivity index (χ1v) is 5.47. The molecule has 0 spiro atoms. The average molecular weight is 227 g/mol. The molecule has 1 aromatic rings. The summed E-state index contributed by atoms with van der Waals surface area (Å²) in [5.74, 6) is 0.926. The summed E-state index contributed by atoms with van der Waals surface area (Å²) in [6, 6.07) is 2.37. The summed E-state index contributed by atoms with van der Waals surface area (Å²) in [5, 5.41) is 0.506. The van der Waals surface area contributed by atoms with E-state index in [1.165, 1.54) is 6.33 Å². The number of anilines is 1. The van der Waals surface area contributed by atoms with Crippen molar-refractivity contribution in [2.75, 3.05) is 31.6 Å². The summed E-state index contributed by atoms with van der Waals surface area (Å²) in [7, 11) is 2.15. The fourth-order valence-electron chi connectivity index (χ4n) is 1.75. The second-order valence-electron chi connectivity index (χ2n) is 3.97. The number of hydrogen-bond donors (Lipinski definition) is 0. The third kappa shape index (κ3) is 2.38. The van der Waals surface area contributed by atoms with Crippen molar-refractivity contribution in [3.05, 3.63) is 17.5 Å². The highest BCUT2D eigenvalue weighted by molar-refractivity contribution is 6.29. The van der Waals surface area contributed by atoms with Crippen molar-refractivity contribution in [1.82, 2.24) is 14.9 Å². The third-order valence-corrected chi connectivity index (χ3v) is 3.11. The monoisotopic (exact) mass is 226 g/mol. The van der Waals surface area contributed by atoms with E-state index in [9.17, 15) is 0 Å². The number of aromatic nitrogens is 2. The van der Waals surface area contributed by atoms with Crippen LogP contribution in [0.2, 0.25) is 5.15 Å². The third-order valence-electron chi connectivity index (χ3n) is 2.90. The van der Waals surface area contributed by atoms with E-state index in [0.29, 0.717) is 11.2 Å². The van der Waals surface area contributed by atoms with Crippen LogP contribution in [0.1, 0.15) is 6.92 Å². The molecule has 5 heteroatoms. The van der Waals surface area contributed by atoms with Crippen molar-refractivity contribution in [2.24, 2.45) is 0 Å². The Labute approximate surface area is 94.9 Å². The second-order valence-corrected chi connectivity index (χ2v) is 4.36. The number of nitrogens with zero attached hydrogens (tertiary/aromatic N) is 4. The fraction of sp³-hybridized carbons (Fsp3) is 0.600. The average Bonchev–Trinajstić information content (AvgIpc) is 2.22. The molecule has 4 nitrogen and oxygen atoms in total. The molecule has 0 aliphatic carbocycles. The molecule has 1 saturated heterocycles. The Morgan fingerprint density at radius 3 is 2.87 bits per heavy atom. The molecule has 2 heterocycles. The van der Waals surface area contributed by atoms with Crippen LogP contribution in [0.3, 0.4) is 0 Å². The Morgan fingerprint density at radius 2 is 2.20 bits per heavy atom. The van der Waals surface area contributed by atoms with E-state index in [-0.39, 0.29) is 0 Å². The predicted molar refractivity (Wildman–Crippen MR) is 61.3 cm³/mol. The summed E-state index contributed by atoms with van der Waals surface area (Å²) in [5.41, 5.74) is 0. The molecule has 1 aromatic heterocycles. The molecule has 15 heavy (non-hydrogen) atoms. The van der Waals surface area contributed by atoms with Crippen molar-refractivity contribution in [2.45, 2.75) is 13.0 Å². The van der Waals surface area contributed by atoms with Crippen LogP contribution in [0.5, 0.6) is 0 Å². The highest BCUT2D eigenvalue weighted by Gasteiger charge is 2.21. The standard InChI is InChI=1S/C10H15ClN4/c1-8-6-15(4-3-14(8)2)10-5-9(11)12-7-13-10/h5,7-8H,3-4,6H2,1-2H3/t8-/m1/s1. The second kappa shape index (κ2) is 4.33. The van der Waals surface area contributed by atoms with Crippen LogP contribution < -0.4 is 4.90 Å². The fourth-order valence-corrected chi connectivity index (χ4v) is 1.89. The molecule has 2 rings (SSSR count). The van der Waals surface area contributed by atoms with Gasteiger partial charge in [0.25, 0.3) is 0 Å². The molecule has 0 unspecified atom stereocenters. The smallest absolute Gasteiger partial charge is 0.134 e. The van der Waals surface area contributed by atoms with Crippen LogP contribution in [-0.4, -0.2) is 47.6 Å². The normalized spacial score (nSPS) is 23.1. The number of hydrogen-bond acceptors (Lipinski definition) is 4. The van der Waals surface area contributed by atoms with Crippen LogP contribution in [0.15, 0.2) is 12.4 Å². The van der Waals surface area contributed by atoms with Gasteiger partial charge in [-0.25, -0.2) is 9.97 Å². The number of piperazine rings is 1. The van der Waals surface area contributed by atoms with Crippen LogP contribution in [0.4, 0.5) is 5.82 Å². The van der Waals surface area contributed by atoms with E-state index in [2.05, 4.69) is 33.7 Å². The Hall–Kier alpha value is -0.870. The highest BCUT2D eigenvalue weighted by atomic mass is 35.5. The van der Waals surface area contributed by atoms with Crippen molar-refractivity contribution in [3.63, 3.8) is 0 Å². The minimum Gasteiger partial charge on any atom is -0.354 e. The van der Waals surface area contributed by atoms with Gasteiger partial charge in [0, 0.05) is 31.7 Å². The molecule has 1 aliphatic heterocycles. The Morgan fingerprint density at radius 1 is 1.40 bits per heavy atom. The van der Waals surface area contributed by atoms with Gasteiger partial charge in [-0.15, -0.1) is 0 Å². The van der Waals surface area contributed by atoms with Gasteiger partial charge in [-0.2, -0.15) is 0 Å². The lowest BCUT2D eigenvalue weighted by Crippen LogP contribution is -2.50. The molecular formula is C10H15ClN4. The summed E-state index contributed by atoms with van der Waals surface area (Å²) in [6.45, 7) is 5.26. The van der Waals surface area contributed by atoms with E-state index >= 15 is 0 Å². The molecule has 82 valence electrons. The van der Waals surface area contributed by atoms with Crippen LogP contribution in [-0.2, 0) is 0 Å². The maximum atomic E-state index is 5.84. The summed E-state index contributed by atoms with van der Waals surface area (Å²) < 4.78 is 0. The van der Waals surface area contributed by atoms with Gasteiger partial charge in [0.05, 0.1) is 0 Å². The van der Waals surface area contributed by atoms with Gasteiger partial charge in [-0.05, 0) is 14.0 Å². The summed E-state index contributed by atoms with van der Waals surface area (Å²) in [6.07, 6.45) is 1.51. The largest absolute Gasteiger partial charge is 0.354 e. The van der Waals surface area contributed by atoms with E-state index in [4.69, 9.17) is 11.6 Å². The molecule has 0 aromatic carbocycles. The lowest BCUT2D eigenvalue weighted by molar-refractivity contribution is 0.233. The minimum absolute atomic E-state index is 0.506. The zero-order chi connectivity index (χ0) is 10.8. The van der Waals surface area contributed by atoms with Crippen molar-refractivity contribution in [3.8, 4) is 0 Å². The van der Waals surface area contributed by atoms with E-state index in [1.54, 1.807) is 0 Å². The molecule has 1 atom stereocenters. The van der Waals surface area contributed by atoms with Gasteiger partial charge in [-0.3, -0.25) is 0 Å². The number of likely N-dealkylation sites (N-methyl/N-ethyl adjacent to an activating group) is 1. The molecule has 0 saturated carbocycles. The van der Waals surface area contributed by atoms with Gasteiger partial charge < -0.3 is 9.80 Å². The molecule has 1 fully saturated rings. The molecule has 1 aliphatic rings. The zero-order valence-corrected chi connectivity index (χ0v) is 9.78. The zero-order valence-electron chi connectivity index (χ0n) is 9.02. The maximum absolute atomic E-state index is 5.84. The van der Waals surface area contributed by atoms with Crippen LogP contribution >= 0.6 is 11.6 Å². The lowest BCUT2D eigenvalue weighted by Gasteiger charge is -2.38. The first-order chi connectivity index (χ1) is 7.16. The van der Waals surface area contributed by atoms with Crippen molar-refractivity contribution in [1.29, 1.82) is 0 Å². The summed E-state index contributed by atoms with van der Waals surface area (Å²) >= 11 is 5.84. The minimum atomic E-state index is 0.506. The molecule has 0 N–H and O–H groups in total. The Balaban J connectivity index is 2.12. The molecule has 0 radical (unpaired) electrons. The van der Waals surface area contributed by atoms with Crippen LogP contribution in [0.25, 0.3) is 0 Å². The van der Waals surface area contributed by atoms with Crippen molar-refractivity contribution < 1.29 is 0 Å². The highest BCUT2D eigenvalue weighted by Crippen LogP contribution is 2.17. The van der Waals surface area contributed by atoms with E-state index in [1.807, 2.05) is 6.07 Å². The van der Waals surface area contributed by atoms with Gasteiger partial charge in [0.1, 0.15) is 17.3 Å². The topological polar surface area (TPSA) is 32.3 Å². The first kappa shape index (κ1) is 10.6. The molecule has 0 amide bonds. The SMILES string of the molecule is C[C@@H]1CN(c2cc(Cl)ncn2)CCN1C. The molecule has 0 bridgehead atoms. The van der Waals surface area contributed by atoms with Gasteiger partial charge in [0.15, 0.2) is 0 Å². The first-order valence-electron chi connectivity index (χ1n) is 5.09. The summed E-state index contributed by atoms with van der Waals surface area (Å²) in [4.78, 5) is 12.7. The Bertz CT molecular complexity index is 344. The van der Waals surface area contributed by atoms with Crippen LogP contribution in [0, 0.1) is 0 Å². The van der Waals surface area contributed by atoms with Gasteiger partial charge in [0.2, 0.25) is 0 Å². The number of halogens is 1. The quantitative estimate of drug-likeness (QED) is 0.676. The maximum Gasteiger partial charge on any atom is 0.134 e. The molecular weight excluding hydrogens is 212 g/mol. The predicted octanol–water partition coefficient (Wildman–Crippen LogP) is 1.27.